The quantitative estimate of drug-likeness (QED) is 0.902. The molecular formula is C15H19N3O3S. The molecule has 0 bridgehead atoms. The first kappa shape index (κ1) is 15.2. The lowest BCUT2D eigenvalue weighted by Crippen LogP contribution is -2.36. The first-order chi connectivity index (χ1) is 10.5. The molecule has 0 saturated carbocycles. The third-order valence-corrected chi connectivity index (χ3v) is 4.37. The molecule has 22 heavy (non-hydrogen) atoms. The van der Waals surface area contributed by atoms with E-state index in [1.54, 1.807) is 6.20 Å². The number of nitrogens with zero attached hydrogens (tertiary/aromatic N) is 2. The minimum atomic E-state index is -3.15. The Morgan fingerprint density at radius 3 is 2.86 bits per heavy atom. The van der Waals surface area contributed by atoms with Gasteiger partial charge in [0.2, 0.25) is 15.9 Å². The van der Waals surface area contributed by atoms with Crippen LogP contribution in [0.15, 0.2) is 40.9 Å². The number of oxazole rings is 1. The van der Waals surface area contributed by atoms with Crippen molar-refractivity contribution in [2.24, 2.45) is 0 Å². The highest BCUT2D eigenvalue weighted by Crippen LogP contribution is 2.20. The zero-order valence-electron chi connectivity index (χ0n) is 12.4. The van der Waals surface area contributed by atoms with Crippen molar-refractivity contribution in [1.82, 2.24) is 14.6 Å². The van der Waals surface area contributed by atoms with Crippen LogP contribution in [0.25, 0.3) is 11.5 Å². The summed E-state index contributed by atoms with van der Waals surface area (Å²) in [5.41, 5.74) is 0.951. The Labute approximate surface area is 130 Å². The lowest BCUT2D eigenvalue weighted by Gasteiger charge is -2.14. The number of likely N-dealkylation sites (tertiary alicyclic amines) is 1. The summed E-state index contributed by atoms with van der Waals surface area (Å²) in [6.07, 6.45) is 3.74. The minimum absolute atomic E-state index is 0.0217. The van der Waals surface area contributed by atoms with Crippen molar-refractivity contribution in [3.8, 4) is 11.5 Å². The Kier molecular flexibility index (Phi) is 4.28. The average molecular weight is 321 g/mol. The van der Waals surface area contributed by atoms with Gasteiger partial charge in [-0.05, 0) is 18.6 Å². The highest BCUT2D eigenvalue weighted by Gasteiger charge is 2.25. The Bertz CT molecular complexity index is 728. The van der Waals surface area contributed by atoms with Crippen molar-refractivity contribution in [3.05, 3.63) is 42.3 Å². The number of sulfonamides is 1. The van der Waals surface area contributed by atoms with Gasteiger partial charge in [0.25, 0.3) is 0 Å². The molecule has 1 aromatic carbocycles. The van der Waals surface area contributed by atoms with Gasteiger partial charge in [0.15, 0.2) is 0 Å². The monoisotopic (exact) mass is 321 g/mol. The summed E-state index contributed by atoms with van der Waals surface area (Å²) in [7, 11) is -3.15. The Morgan fingerprint density at radius 2 is 2.14 bits per heavy atom. The number of nitrogens with one attached hydrogen (secondary N) is 1. The SMILES string of the molecule is CS(=O)(=O)NC1CCN(Cc2cnc(-c3ccccc3)o2)C1. The molecule has 0 aliphatic carbocycles. The second kappa shape index (κ2) is 6.20. The second-order valence-corrected chi connectivity index (χ2v) is 7.39. The Hall–Kier alpha value is -1.70. The van der Waals surface area contributed by atoms with Crippen LogP contribution in [0.3, 0.4) is 0 Å². The third kappa shape index (κ3) is 3.94. The van der Waals surface area contributed by atoms with Crippen molar-refractivity contribution >= 4 is 10.0 Å². The van der Waals surface area contributed by atoms with Crippen molar-refractivity contribution in [2.45, 2.75) is 19.0 Å². The number of aromatic nitrogens is 1. The molecule has 1 aliphatic rings. The van der Waals surface area contributed by atoms with Crippen LogP contribution in [0.5, 0.6) is 0 Å². The van der Waals surface area contributed by atoms with Gasteiger partial charge in [-0.1, -0.05) is 18.2 Å². The molecule has 0 radical (unpaired) electrons. The molecule has 6 nitrogen and oxygen atoms in total. The molecule has 1 unspecified atom stereocenters. The predicted octanol–water partition coefficient (Wildman–Crippen LogP) is 1.47. The molecule has 0 amide bonds. The van der Waals surface area contributed by atoms with Gasteiger partial charge in [-0.2, -0.15) is 0 Å². The Morgan fingerprint density at radius 1 is 1.36 bits per heavy atom. The van der Waals surface area contributed by atoms with Gasteiger partial charge in [-0.3, -0.25) is 4.90 Å². The fourth-order valence-corrected chi connectivity index (χ4v) is 3.49. The summed E-state index contributed by atoms with van der Waals surface area (Å²) >= 11 is 0. The van der Waals surface area contributed by atoms with Gasteiger partial charge in [0, 0.05) is 24.7 Å². The van der Waals surface area contributed by atoms with E-state index in [0.717, 1.165) is 24.3 Å². The van der Waals surface area contributed by atoms with E-state index in [9.17, 15) is 8.42 Å². The molecule has 1 aliphatic heterocycles. The smallest absolute Gasteiger partial charge is 0.226 e. The van der Waals surface area contributed by atoms with Gasteiger partial charge in [-0.25, -0.2) is 18.1 Å². The summed E-state index contributed by atoms with van der Waals surface area (Å²) in [6, 6.07) is 9.73. The summed E-state index contributed by atoms with van der Waals surface area (Å²) in [6.45, 7) is 2.17. The highest BCUT2D eigenvalue weighted by atomic mass is 32.2. The summed E-state index contributed by atoms with van der Waals surface area (Å²) < 4.78 is 30.9. The van der Waals surface area contributed by atoms with Gasteiger partial charge in [-0.15, -0.1) is 0 Å². The molecular weight excluding hydrogens is 302 g/mol. The molecule has 1 fully saturated rings. The van der Waals surface area contributed by atoms with Crippen LogP contribution in [0.4, 0.5) is 0 Å². The van der Waals surface area contributed by atoms with Crippen LogP contribution < -0.4 is 4.72 Å². The van der Waals surface area contributed by atoms with Crippen LogP contribution in [-0.4, -0.2) is 43.7 Å². The maximum atomic E-state index is 11.3. The van der Waals surface area contributed by atoms with Gasteiger partial charge < -0.3 is 4.42 Å². The maximum Gasteiger partial charge on any atom is 0.226 e. The van der Waals surface area contributed by atoms with Crippen LogP contribution in [0, 0.1) is 0 Å². The van der Waals surface area contributed by atoms with E-state index in [1.165, 1.54) is 6.26 Å². The molecule has 2 aromatic rings. The lowest BCUT2D eigenvalue weighted by molar-refractivity contribution is 0.294. The molecule has 0 spiro atoms. The second-order valence-electron chi connectivity index (χ2n) is 5.61. The summed E-state index contributed by atoms with van der Waals surface area (Å²) in [4.78, 5) is 6.47. The van der Waals surface area contributed by atoms with E-state index in [2.05, 4.69) is 14.6 Å². The molecule has 2 heterocycles. The first-order valence-corrected chi connectivity index (χ1v) is 9.08. The van der Waals surface area contributed by atoms with Crippen molar-refractivity contribution in [2.75, 3.05) is 19.3 Å². The molecule has 1 aromatic heterocycles. The molecule has 118 valence electrons. The number of rotatable bonds is 5. The summed E-state index contributed by atoms with van der Waals surface area (Å²) in [5.74, 6) is 1.40. The number of hydrogen-bond donors (Lipinski definition) is 1. The Balaban J connectivity index is 1.60. The van der Waals surface area contributed by atoms with E-state index in [-0.39, 0.29) is 6.04 Å². The number of benzene rings is 1. The average Bonchev–Trinajstić information content (AvgIpc) is 3.08. The molecule has 1 N–H and O–H groups in total. The fourth-order valence-electron chi connectivity index (χ4n) is 2.69. The van der Waals surface area contributed by atoms with E-state index >= 15 is 0 Å². The normalized spacial score (nSPS) is 19.6. The van der Waals surface area contributed by atoms with Crippen LogP contribution >= 0.6 is 0 Å². The van der Waals surface area contributed by atoms with E-state index in [1.807, 2.05) is 30.3 Å². The zero-order chi connectivity index (χ0) is 15.6. The van der Waals surface area contributed by atoms with Crippen LogP contribution in [0.2, 0.25) is 0 Å². The minimum Gasteiger partial charge on any atom is -0.440 e. The topological polar surface area (TPSA) is 75.4 Å². The predicted molar refractivity (Wildman–Crippen MR) is 83.6 cm³/mol. The van der Waals surface area contributed by atoms with Crippen molar-refractivity contribution < 1.29 is 12.8 Å². The van der Waals surface area contributed by atoms with Crippen molar-refractivity contribution in [3.63, 3.8) is 0 Å². The van der Waals surface area contributed by atoms with E-state index < -0.39 is 10.0 Å². The standard InChI is InChI=1S/C15H19N3O3S/c1-22(19,20)17-13-7-8-18(10-13)11-14-9-16-15(21-14)12-5-3-2-4-6-12/h2-6,9,13,17H,7-8,10-11H2,1H3. The zero-order valence-corrected chi connectivity index (χ0v) is 13.2. The van der Waals surface area contributed by atoms with E-state index in [4.69, 9.17) is 4.42 Å². The fraction of sp³-hybridized carbons (Fsp3) is 0.400. The maximum absolute atomic E-state index is 11.3. The lowest BCUT2D eigenvalue weighted by atomic mass is 10.2. The largest absolute Gasteiger partial charge is 0.440 e. The van der Waals surface area contributed by atoms with Gasteiger partial charge >= 0.3 is 0 Å². The van der Waals surface area contributed by atoms with Gasteiger partial charge in [0.1, 0.15) is 5.76 Å². The van der Waals surface area contributed by atoms with Crippen LogP contribution in [-0.2, 0) is 16.6 Å². The molecule has 3 rings (SSSR count). The summed E-state index contributed by atoms with van der Waals surface area (Å²) in [5, 5.41) is 0. The molecule has 7 heteroatoms. The van der Waals surface area contributed by atoms with E-state index in [0.29, 0.717) is 19.0 Å². The highest BCUT2D eigenvalue weighted by molar-refractivity contribution is 7.88. The number of hydrogen-bond acceptors (Lipinski definition) is 5. The van der Waals surface area contributed by atoms with Crippen molar-refractivity contribution in [1.29, 1.82) is 0 Å². The molecule has 1 atom stereocenters. The first-order valence-electron chi connectivity index (χ1n) is 7.19. The molecule has 1 saturated heterocycles. The van der Waals surface area contributed by atoms with Gasteiger partial charge in [0.05, 0.1) is 19.0 Å². The van der Waals surface area contributed by atoms with Crippen LogP contribution in [0.1, 0.15) is 12.2 Å². The third-order valence-electron chi connectivity index (χ3n) is 3.61.